The highest BCUT2D eigenvalue weighted by molar-refractivity contribution is 6.08. The lowest BCUT2D eigenvalue weighted by Crippen LogP contribution is -2.10. The molecule has 0 aliphatic heterocycles. The molecule has 1 heterocycles. The first-order valence-electron chi connectivity index (χ1n) is 10.2. The summed E-state index contributed by atoms with van der Waals surface area (Å²) in [6.07, 6.45) is 3.77. The van der Waals surface area contributed by atoms with Crippen LogP contribution in [0.5, 0.6) is 11.5 Å². The molecule has 2 radical (unpaired) electrons. The summed E-state index contributed by atoms with van der Waals surface area (Å²) >= 11 is 0. The van der Waals surface area contributed by atoms with E-state index in [0.717, 1.165) is 29.7 Å². The lowest BCUT2D eigenvalue weighted by molar-refractivity contribution is -0.132. The molecule has 0 unspecified atom stereocenters. The molecule has 0 N–H and O–H groups in total. The normalized spacial score (nSPS) is 10.9. The smallest absolute Gasteiger partial charge is 0.308 e. The monoisotopic (exact) mass is 415 g/mol. The Morgan fingerprint density at radius 2 is 1.97 bits per heavy atom. The predicted molar refractivity (Wildman–Crippen MR) is 113 cm³/mol. The quantitative estimate of drug-likeness (QED) is 0.203. The zero-order valence-electron chi connectivity index (χ0n) is 18.1. The van der Waals surface area contributed by atoms with Crippen LogP contribution < -0.4 is 9.47 Å². The molecule has 0 saturated heterocycles. The maximum absolute atomic E-state index is 11.4. The summed E-state index contributed by atoms with van der Waals surface area (Å²) in [4.78, 5) is 11.4. The molecule has 0 saturated carbocycles. The highest BCUT2D eigenvalue weighted by Gasteiger charge is 2.13. The fourth-order valence-corrected chi connectivity index (χ4v) is 2.83. The highest BCUT2D eigenvalue weighted by Crippen LogP contribution is 2.33. The topological polar surface area (TPSA) is 84.7 Å². The second kappa shape index (κ2) is 13.0. The van der Waals surface area contributed by atoms with Crippen molar-refractivity contribution in [3.05, 3.63) is 35.2 Å². The van der Waals surface area contributed by atoms with E-state index in [0.29, 0.717) is 57.4 Å². The number of aryl methyl sites for hydroxylation is 2. The van der Waals surface area contributed by atoms with E-state index in [4.69, 9.17) is 26.8 Å². The molecule has 0 fully saturated rings. The van der Waals surface area contributed by atoms with Crippen LogP contribution in [0.3, 0.4) is 0 Å². The number of hydrogen-bond acceptors (Lipinski definition) is 7. The number of ether oxygens (including phenoxy) is 4. The van der Waals surface area contributed by atoms with Crippen molar-refractivity contribution in [3.8, 4) is 11.5 Å². The summed E-state index contributed by atoms with van der Waals surface area (Å²) in [7, 11) is 5.74. The minimum atomic E-state index is -0.387. The molecule has 1 aromatic carbocycles. The summed E-state index contributed by atoms with van der Waals surface area (Å²) < 4.78 is 23.7. The Hall–Kier alpha value is -2.39. The summed E-state index contributed by atoms with van der Waals surface area (Å²) in [6, 6.07) is 3.71. The fraction of sp³-hybridized carbons (Fsp3) is 0.571. The second-order valence-electron chi connectivity index (χ2n) is 6.77. The number of hydrogen-bond donors (Lipinski definition) is 0. The average molecular weight is 415 g/mol. The minimum Gasteiger partial charge on any atom is -0.490 e. The number of benzene rings is 1. The van der Waals surface area contributed by atoms with Gasteiger partial charge in [0.25, 0.3) is 0 Å². The third kappa shape index (κ3) is 8.16. The van der Waals surface area contributed by atoms with Crippen LogP contribution in [0.2, 0.25) is 0 Å². The van der Waals surface area contributed by atoms with Gasteiger partial charge in [-0.05, 0) is 38.3 Å². The molecule has 30 heavy (non-hydrogen) atoms. The van der Waals surface area contributed by atoms with E-state index >= 15 is 0 Å². The van der Waals surface area contributed by atoms with Gasteiger partial charge < -0.3 is 18.9 Å². The van der Waals surface area contributed by atoms with Gasteiger partial charge in [0.1, 0.15) is 0 Å². The van der Waals surface area contributed by atoms with E-state index in [1.54, 1.807) is 4.68 Å². The number of carbonyl (C=O) groups is 1. The van der Waals surface area contributed by atoms with Crippen molar-refractivity contribution in [1.82, 2.24) is 15.0 Å². The molecule has 0 aliphatic rings. The van der Waals surface area contributed by atoms with Gasteiger partial charge in [0.15, 0.2) is 11.5 Å². The van der Waals surface area contributed by atoms with Crippen LogP contribution in [0.15, 0.2) is 18.3 Å². The van der Waals surface area contributed by atoms with E-state index in [2.05, 4.69) is 10.3 Å². The summed E-state index contributed by atoms with van der Waals surface area (Å²) in [5.41, 5.74) is 2.62. The van der Waals surface area contributed by atoms with Gasteiger partial charge in [-0.15, -0.1) is 5.10 Å². The van der Waals surface area contributed by atoms with Gasteiger partial charge in [-0.3, -0.25) is 4.79 Å². The van der Waals surface area contributed by atoms with Crippen molar-refractivity contribution in [2.45, 2.75) is 46.5 Å². The van der Waals surface area contributed by atoms with Gasteiger partial charge in [-0.1, -0.05) is 23.2 Å². The van der Waals surface area contributed by atoms with Crippen molar-refractivity contribution >= 4 is 13.8 Å². The number of carbonyl (C=O) groups excluding carboxylic acids is 1. The van der Waals surface area contributed by atoms with Crippen LogP contribution in [0, 0.1) is 6.92 Å². The Kier molecular flexibility index (Phi) is 10.4. The van der Waals surface area contributed by atoms with Crippen LogP contribution in [0.1, 0.15) is 37.1 Å². The van der Waals surface area contributed by atoms with Gasteiger partial charge >= 0.3 is 5.97 Å². The van der Waals surface area contributed by atoms with Gasteiger partial charge in [-0.25, -0.2) is 4.68 Å². The molecule has 1 aromatic heterocycles. The van der Waals surface area contributed by atoms with Crippen LogP contribution in [0.4, 0.5) is 0 Å². The van der Waals surface area contributed by atoms with E-state index in [1.165, 1.54) is 6.92 Å². The first-order chi connectivity index (χ1) is 14.5. The number of nitrogens with zero attached hydrogens (tertiary/aromatic N) is 3. The molecule has 0 spiro atoms. The molecule has 9 heteroatoms. The summed E-state index contributed by atoms with van der Waals surface area (Å²) in [5, 5.41) is 8.29. The van der Waals surface area contributed by atoms with Crippen molar-refractivity contribution in [2.24, 2.45) is 0 Å². The van der Waals surface area contributed by atoms with Crippen LogP contribution in [-0.2, 0) is 33.6 Å². The minimum absolute atomic E-state index is 0.385. The lowest BCUT2D eigenvalue weighted by atomic mass is 9.95. The maximum Gasteiger partial charge on any atom is 0.308 e. The Morgan fingerprint density at radius 3 is 2.70 bits per heavy atom. The maximum atomic E-state index is 11.4. The molecule has 2 aromatic rings. The SMILES string of the molecule is [B]Cc1cc(C)c(OC(C)=O)c(OCCCc2cn(CCOCCOCC)nn2)c1. The Balaban J connectivity index is 1.78. The molecular weight excluding hydrogens is 385 g/mol. The number of aromatic nitrogens is 3. The zero-order chi connectivity index (χ0) is 21.8. The molecule has 0 amide bonds. The van der Waals surface area contributed by atoms with Crippen LogP contribution >= 0.6 is 0 Å². The Morgan fingerprint density at radius 1 is 1.17 bits per heavy atom. The fourth-order valence-electron chi connectivity index (χ4n) is 2.83. The van der Waals surface area contributed by atoms with Gasteiger partial charge in [0, 0.05) is 19.7 Å². The lowest BCUT2D eigenvalue weighted by Gasteiger charge is -2.15. The number of esters is 1. The summed E-state index contributed by atoms with van der Waals surface area (Å²) in [6.45, 7) is 8.73. The highest BCUT2D eigenvalue weighted by atomic mass is 16.6. The Bertz CT molecular complexity index is 797. The number of rotatable bonds is 14. The van der Waals surface area contributed by atoms with Gasteiger partial charge in [-0.2, -0.15) is 0 Å². The van der Waals surface area contributed by atoms with Crippen molar-refractivity contribution in [1.29, 1.82) is 0 Å². The van der Waals surface area contributed by atoms with E-state index in [9.17, 15) is 4.79 Å². The van der Waals surface area contributed by atoms with Crippen molar-refractivity contribution < 1.29 is 23.7 Å². The Labute approximate surface area is 179 Å². The second-order valence-corrected chi connectivity index (χ2v) is 6.77. The van der Waals surface area contributed by atoms with E-state index in [-0.39, 0.29) is 5.97 Å². The molecular formula is C21H30BN3O5. The third-order valence-electron chi connectivity index (χ3n) is 4.24. The molecule has 8 nitrogen and oxygen atoms in total. The van der Waals surface area contributed by atoms with E-state index in [1.807, 2.05) is 32.2 Å². The molecule has 0 atom stereocenters. The third-order valence-corrected chi connectivity index (χ3v) is 4.24. The average Bonchev–Trinajstić information content (AvgIpc) is 3.17. The van der Waals surface area contributed by atoms with Crippen LogP contribution in [-0.4, -0.2) is 61.8 Å². The largest absolute Gasteiger partial charge is 0.490 e. The standard InChI is InChI=1S/C21H30BN3O5/c1-4-27-10-11-28-9-7-25-15-19(23-24-25)6-5-8-29-20-13-18(14-22)12-16(2)21(20)30-17(3)26/h12-13,15H,4-11,14H2,1-3H3. The first-order valence-corrected chi connectivity index (χ1v) is 10.2. The van der Waals surface area contributed by atoms with Crippen molar-refractivity contribution in [2.75, 3.05) is 33.0 Å². The summed E-state index contributed by atoms with van der Waals surface area (Å²) in [5.74, 6) is 0.579. The van der Waals surface area contributed by atoms with Crippen molar-refractivity contribution in [3.63, 3.8) is 0 Å². The first kappa shape index (κ1) is 23.9. The molecule has 0 aliphatic carbocycles. The zero-order valence-corrected chi connectivity index (χ0v) is 18.1. The van der Waals surface area contributed by atoms with Gasteiger partial charge in [0.2, 0.25) is 0 Å². The van der Waals surface area contributed by atoms with Gasteiger partial charge in [0.05, 0.1) is 46.5 Å². The van der Waals surface area contributed by atoms with E-state index < -0.39 is 0 Å². The van der Waals surface area contributed by atoms with Crippen LogP contribution in [0.25, 0.3) is 0 Å². The predicted octanol–water partition coefficient (Wildman–Crippen LogP) is 2.25. The molecule has 2 rings (SSSR count). The molecule has 162 valence electrons. The molecule has 0 bridgehead atoms.